The SMILES string of the molecule is CC(C)CCNP(=O)(CCCN1CC(SC(C)C)CC1=O)CCC(C)C. The predicted octanol–water partition coefficient (Wildman–Crippen LogP) is 5.08. The van der Waals surface area contributed by atoms with E-state index in [1.165, 1.54) is 0 Å². The molecule has 1 heterocycles. The van der Waals surface area contributed by atoms with Crippen molar-refractivity contribution in [1.29, 1.82) is 0 Å². The highest BCUT2D eigenvalue weighted by molar-refractivity contribution is 8.00. The fourth-order valence-electron chi connectivity index (χ4n) is 3.24. The zero-order valence-corrected chi connectivity index (χ0v) is 19.5. The number of carbonyl (C=O) groups excluding carboxylic acids is 1. The van der Waals surface area contributed by atoms with E-state index in [0.717, 1.165) is 45.1 Å². The van der Waals surface area contributed by atoms with Crippen LogP contribution < -0.4 is 5.09 Å². The fourth-order valence-corrected chi connectivity index (χ4v) is 7.18. The summed E-state index contributed by atoms with van der Waals surface area (Å²) in [4.78, 5) is 14.2. The van der Waals surface area contributed by atoms with Crippen LogP contribution >= 0.6 is 19.1 Å². The van der Waals surface area contributed by atoms with Crippen LogP contribution in [-0.2, 0) is 9.36 Å². The van der Waals surface area contributed by atoms with E-state index >= 15 is 0 Å². The summed E-state index contributed by atoms with van der Waals surface area (Å²) < 4.78 is 13.3. The molecule has 4 nitrogen and oxygen atoms in total. The molecule has 1 saturated heterocycles. The third-order valence-electron chi connectivity index (χ3n) is 4.78. The average Bonchev–Trinajstić information content (AvgIpc) is 2.84. The lowest BCUT2D eigenvalue weighted by atomic mass is 10.1. The third kappa shape index (κ3) is 9.80. The first-order valence-corrected chi connectivity index (χ1v) is 13.4. The minimum absolute atomic E-state index is 0.271. The van der Waals surface area contributed by atoms with Crippen LogP contribution in [-0.4, -0.2) is 53.3 Å². The summed E-state index contributed by atoms with van der Waals surface area (Å²) in [7, 11) is -2.34. The second kappa shape index (κ2) is 11.8. The van der Waals surface area contributed by atoms with Gasteiger partial charge in [0, 0.05) is 43.6 Å². The van der Waals surface area contributed by atoms with Crippen LogP contribution in [0.1, 0.15) is 67.2 Å². The molecule has 0 aromatic carbocycles. The van der Waals surface area contributed by atoms with Gasteiger partial charge in [-0.1, -0.05) is 41.5 Å². The number of hydrogen-bond acceptors (Lipinski definition) is 3. The molecule has 1 amide bonds. The zero-order chi connectivity index (χ0) is 19.7. The fraction of sp³-hybridized carbons (Fsp3) is 0.950. The number of nitrogens with one attached hydrogen (secondary N) is 1. The quantitative estimate of drug-likeness (QED) is 0.435. The summed E-state index contributed by atoms with van der Waals surface area (Å²) in [5.41, 5.74) is 0. The van der Waals surface area contributed by atoms with Gasteiger partial charge in [0.25, 0.3) is 0 Å². The van der Waals surface area contributed by atoms with Crippen LogP contribution in [0.4, 0.5) is 0 Å². The largest absolute Gasteiger partial charge is 0.342 e. The molecule has 1 fully saturated rings. The van der Waals surface area contributed by atoms with Crippen molar-refractivity contribution in [3.63, 3.8) is 0 Å². The van der Waals surface area contributed by atoms with Crippen molar-refractivity contribution in [3.05, 3.63) is 0 Å². The van der Waals surface area contributed by atoms with Gasteiger partial charge in [-0.2, -0.15) is 11.8 Å². The Hall–Kier alpha value is 0.01000. The Morgan fingerprint density at radius 3 is 2.35 bits per heavy atom. The Kier molecular flexibility index (Phi) is 10.9. The average molecular weight is 405 g/mol. The van der Waals surface area contributed by atoms with Crippen molar-refractivity contribution in [2.45, 2.75) is 77.7 Å². The van der Waals surface area contributed by atoms with Crippen LogP contribution in [0.5, 0.6) is 0 Å². The Balaban J connectivity index is 2.47. The van der Waals surface area contributed by atoms with Crippen LogP contribution in [0.2, 0.25) is 0 Å². The molecule has 0 spiro atoms. The number of rotatable bonds is 13. The normalized spacial score (nSPS) is 20.6. The first kappa shape index (κ1) is 24.0. The van der Waals surface area contributed by atoms with Gasteiger partial charge in [-0.15, -0.1) is 0 Å². The van der Waals surface area contributed by atoms with E-state index in [0.29, 0.717) is 34.9 Å². The third-order valence-corrected chi connectivity index (χ3v) is 8.84. The van der Waals surface area contributed by atoms with Gasteiger partial charge in [-0.25, -0.2) is 0 Å². The van der Waals surface area contributed by atoms with Crippen molar-refractivity contribution in [2.24, 2.45) is 11.8 Å². The lowest BCUT2D eigenvalue weighted by Gasteiger charge is -2.23. The molecule has 26 heavy (non-hydrogen) atoms. The van der Waals surface area contributed by atoms with Crippen LogP contribution in [0, 0.1) is 11.8 Å². The Bertz CT molecular complexity index is 469. The molecular weight excluding hydrogens is 363 g/mol. The highest BCUT2D eigenvalue weighted by Crippen LogP contribution is 2.43. The highest BCUT2D eigenvalue weighted by atomic mass is 32.2. The van der Waals surface area contributed by atoms with Crippen molar-refractivity contribution >= 4 is 25.0 Å². The summed E-state index contributed by atoms with van der Waals surface area (Å²) in [6.07, 6.45) is 5.06. The van der Waals surface area contributed by atoms with Crippen LogP contribution in [0.15, 0.2) is 0 Å². The molecule has 0 aromatic heterocycles. The Labute approximate surface area is 166 Å². The standard InChI is InChI=1S/C20H41N2O2PS/c1-16(2)8-10-21-25(24,13-9-17(3)4)12-7-11-22-15-19(14-20(22)23)26-18(5)6/h16-19H,7-15H2,1-6H3,(H,21,24). The summed E-state index contributed by atoms with van der Waals surface area (Å²) in [5.74, 6) is 1.47. The topological polar surface area (TPSA) is 49.4 Å². The van der Waals surface area contributed by atoms with Gasteiger partial charge in [0.1, 0.15) is 7.29 Å². The molecule has 1 aliphatic heterocycles. The van der Waals surface area contributed by atoms with Gasteiger partial charge in [-0.3, -0.25) is 9.88 Å². The van der Waals surface area contributed by atoms with Gasteiger partial charge in [0.05, 0.1) is 0 Å². The minimum atomic E-state index is -2.34. The Morgan fingerprint density at radius 2 is 1.77 bits per heavy atom. The maximum Gasteiger partial charge on any atom is 0.223 e. The second-order valence-electron chi connectivity index (χ2n) is 8.81. The number of carbonyl (C=O) groups is 1. The first-order valence-electron chi connectivity index (χ1n) is 10.4. The lowest BCUT2D eigenvalue weighted by molar-refractivity contribution is -0.127. The van der Waals surface area contributed by atoms with Gasteiger partial charge in [0.15, 0.2) is 0 Å². The first-order chi connectivity index (χ1) is 12.1. The zero-order valence-electron chi connectivity index (χ0n) is 17.8. The van der Waals surface area contributed by atoms with Crippen molar-refractivity contribution in [3.8, 4) is 0 Å². The highest BCUT2D eigenvalue weighted by Gasteiger charge is 2.30. The lowest BCUT2D eigenvalue weighted by Crippen LogP contribution is -2.28. The van der Waals surface area contributed by atoms with Gasteiger partial charge in [-0.05, 0) is 36.3 Å². The molecule has 154 valence electrons. The van der Waals surface area contributed by atoms with Gasteiger partial charge in [0.2, 0.25) is 5.91 Å². The molecule has 0 aromatic rings. The molecule has 0 aliphatic carbocycles. The number of thioether (sulfide) groups is 1. The molecule has 0 bridgehead atoms. The van der Waals surface area contributed by atoms with Crippen LogP contribution in [0.25, 0.3) is 0 Å². The van der Waals surface area contributed by atoms with E-state index in [1.807, 2.05) is 16.7 Å². The van der Waals surface area contributed by atoms with Crippen molar-refractivity contribution < 1.29 is 9.36 Å². The second-order valence-corrected chi connectivity index (χ2v) is 13.7. The number of hydrogen-bond donors (Lipinski definition) is 1. The maximum atomic E-state index is 13.3. The molecule has 0 saturated carbocycles. The van der Waals surface area contributed by atoms with E-state index in [2.05, 4.69) is 46.6 Å². The predicted molar refractivity (Wildman–Crippen MR) is 117 cm³/mol. The van der Waals surface area contributed by atoms with Gasteiger partial charge >= 0.3 is 0 Å². The minimum Gasteiger partial charge on any atom is -0.342 e. The summed E-state index contributed by atoms with van der Waals surface area (Å²) in [5, 5.41) is 4.40. The Morgan fingerprint density at radius 1 is 1.12 bits per heavy atom. The molecule has 1 rings (SSSR count). The number of amides is 1. The van der Waals surface area contributed by atoms with E-state index in [1.54, 1.807) is 0 Å². The maximum absolute atomic E-state index is 13.3. The summed E-state index contributed by atoms with van der Waals surface area (Å²) in [6, 6.07) is 0. The monoisotopic (exact) mass is 404 g/mol. The summed E-state index contributed by atoms with van der Waals surface area (Å²) >= 11 is 1.90. The molecule has 2 atom stereocenters. The van der Waals surface area contributed by atoms with E-state index in [-0.39, 0.29) is 5.91 Å². The van der Waals surface area contributed by atoms with E-state index in [9.17, 15) is 9.36 Å². The number of likely N-dealkylation sites (tertiary alicyclic amines) is 1. The van der Waals surface area contributed by atoms with E-state index < -0.39 is 7.29 Å². The summed E-state index contributed by atoms with van der Waals surface area (Å²) in [6.45, 7) is 15.6. The smallest absolute Gasteiger partial charge is 0.223 e. The van der Waals surface area contributed by atoms with Crippen molar-refractivity contribution in [2.75, 3.05) is 32.0 Å². The molecular formula is C20H41N2O2PS. The van der Waals surface area contributed by atoms with Gasteiger partial charge < -0.3 is 9.46 Å². The molecule has 1 aliphatic rings. The molecule has 0 radical (unpaired) electrons. The number of nitrogens with zero attached hydrogens (tertiary/aromatic N) is 1. The van der Waals surface area contributed by atoms with Crippen LogP contribution in [0.3, 0.4) is 0 Å². The molecule has 6 heteroatoms. The molecule has 2 unspecified atom stereocenters. The molecule has 1 N–H and O–H groups in total. The van der Waals surface area contributed by atoms with E-state index in [4.69, 9.17) is 0 Å². The van der Waals surface area contributed by atoms with Crippen molar-refractivity contribution in [1.82, 2.24) is 9.99 Å².